The van der Waals surface area contributed by atoms with Crippen LogP contribution in [0.5, 0.6) is 0 Å². The Morgan fingerprint density at radius 2 is 1.72 bits per heavy atom. The molecule has 11 heteroatoms. The van der Waals surface area contributed by atoms with Gasteiger partial charge in [0.25, 0.3) is 5.91 Å². The van der Waals surface area contributed by atoms with Gasteiger partial charge in [-0.3, -0.25) is 19.4 Å². The molecular formula is C25H24Cl2N4O5. The standard InChI is InChI=1S/C25H24Cl2N4O5/c1-14(32)31-8-6-25(7-9-31)20(11-21(25)33)30-19(24(35)36)10-15-2-4-16(5-3-15)29-23(34)22-17(26)12-28-13-18(22)27/h2-5,11-13,19,30H,6-10H2,1H3,(H,29,34)(H,35,36)/t19-/m0/s1. The normalized spacial score (nSPS) is 17.1. The number of carboxylic acid groups (broad SMARTS) is 1. The molecule has 9 nitrogen and oxygen atoms in total. The molecule has 3 N–H and O–H groups in total. The molecule has 4 rings (SSSR count). The molecular weight excluding hydrogens is 507 g/mol. The Bertz CT molecular complexity index is 1230. The van der Waals surface area contributed by atoms with Gasteiger partial charge in [0.15, 0.2) is 5.78 Å². The minimum absolute atomic E-state index is 0.0353. The van der Waals surface area contributed by atoms with E-state index in [1.807, 2.05) is 0 Å². The summed E-state index contributed by atoms with van der Waals surface area (Å²) in [6.07, 6.45) is 5.20. The van der Waals surface area contributed by atoms with E-state index in [0.717, 1.165) is 5.56 Å². The van der Waals surface area contributed by atoms with E-state index in [9.17, 15) is 24.3 Å². The first-order valence-corrected chi connectivity index (χ1v) is 12.1. The van der Waals surface area contributed by atoms with Gasteiger partial charge >= 0.3 is 5.97 Å². The molecule has 1 atom stereocenters. The van der Waals surface area contributed by atoms with Crippen LogP contribution in [-0.4, -0.2) is 57.7 Å². The van der Waals surface area contributed by atoms with Crippen molar-refractivity contribution in [1.82, 2.24) is 15.2 Å². The smallest absolute Gasteiger partial charge is 0.326 e. The lowest BCUT2D eigenvalue weighted by Crippen LogP contribution is -2.55. The van der Waals surface area contributed by atoms with Gasteiger partial charge in [-0.25, -0.2) is 4.79 Å². The topological polar surface area (TPSA) is 129 Å². The predicted octanol–water partition coefficient (Wildman–Crippen LogP) is 3.32. The highest BCUT2D eigenvalue weighted by Gasteiger charge is 2.50. The molecule has 2 heterocycles. The first-order valence-electron chi connectivity index (χ1n) is 11.3. The summed E-state index contributed by atoms with van der Waals surface area (Å²) in [6, 6.07) is 5.77. The zero-order valence-corrected chi connectivity index (χ0v) is 20.9. The summed E-state index contributed by atoms with van der Waals surface area (Å²) in [5, 5.41) is 15.8. The molecule has 1 saturated heterocycles. The van der Waals surface area contributed by atoms with Crippen LogP contribution in [0.25, 0.3) is 0 Å². The molecule has 1 aliphatic heterocycles. The lowest BCUT2D eigenvalue weighted by Gasteiger charge is -2.46. The van der Waals surface area contributed by atoms with Crippen LogP contribution in [0.4, 0.5) is 5.69 Å². The van der Waals surface area contributed by atoms with Gasteiger partial charge in [0.05, 0.1) is 21.0 Å². The molecule has 0 unspecified atom stereocenters. The van der Waals surface area contributed by atoms with E-state index in [-0.39, 0.29) is 33.7 Å². The lowest BCUT2D eigenvalue weighted by molar-refractivity contribution is -0.140. The molecule has 1 aromatic carbocycles. The Hall–Kier alpha value is -3.43. The average Bonchev–Trinajstić information content (AvgIpc) is 2.84. The number of aromatic nitrogens is 1. The summed E-state index contributed by atoms with van der Waals surface area (Å²) in [5.41, 5.74) is 1.18. The highest BCUT2D eigenvalue weighted by atomic mass is 35.5. The number of nitrogens with one attached hydrogen (secondary N) is 2. The number of carboxylic acids is 1. The third-order valence-corrected chi connectivity index (χ3v) is 7.26. The van der Waals surface area contributed by atoms with Gasteiger partial charge in [-0.05, 0) is 30.5 Å². The van der Waals surface area contributed by atoms with Gasteiger partial charge in [0, 0.05) is 56.3 Å². The van der Waals surface area contributed by atoms with Crippen LogP contribution in [0, 0.1) is 5.41 Å². The van der Waals surface area contributed by atoms with E-state index in [4.69, 9.17) is 23.2 Å². The van der Waals surface area contributed by atoms with Gasteiger partial charge < -0.3 is 20.6 Å². The van der Waals surface area contributed by atoms with Crippen LogP contribution in [0.3, 0.4) is 0 Å². The number of nitrogens with zero attached hydrogens (tertiary/aromatic N) is 2. The SMILES string of the molecule is CC(=O)N1CCC2(CC1)C(=O)C=C2N[C@@H](Cc1ccc(NC(=O)c2c(Cl)cncc2Cl)cc1)C(=O)O. The molecule has 2 aliphatic rings. The molecule has 1 aromatic heterocycles. The number of hydrogen-bond donors (Lipinski definition) is 3. The summed E-state index contributed by atoms with van der Waals surface area (Å²) in [4.78, 5) is 54.1. The molecule has 1 fully saturated rings. The zero-order chi connectivity index (χ0) is 26.0. The number of rotatable bonds is 7. The molecule has 0 bridgehead atoms. The van der Waals surface area contributed by atoms with Crippen molar-refractivity contribution in [3.8, 4) is 0 Å². The number of allylic oxidation sites excluding steroid dienone is 2. The number of piperidine rings is 1. The minimum atomic E-state index is -1.05. The van der Waals surface area contributed by atoms with Crippen LogP contribution in [-0.2, 0) is 20.8 Å². The van der Waals surface area contributed by atoms with Crippen molar-refractivity contribution < 1.29 is 24.3 Å². The molecule has 2 aromatic rings. The van der Waals surface area contributed by atoms with Crippen LogP contribution < -0.4 is 10.6 Å². The summed E-state index contributed by atoms with van der Waals surface area (Å²) in [6.45, 7) is 2.41. The highest BCUT2D eigenvalue weighted by Crippen LogP contribution is 2.45. The van der Waals surface area contributed by atoms with Gasteiger partial charge in [-0.1, -0.05) is 35.3 Å². The fourth-order valence-corrected chi connectivity index (χ4v) is 5.07. The molecule has 188 valence electrons. The molecule has 0 saturated carbocycles. The number of ketones is 1. The number of carbonyl (C=O) groups is 4. The van der Waals surface area contributed by atoms with E-state index in [2.05, 4.69) is 15.6 Å². The number of carbonyl (C=O) groups excluding carboxylic acids is 3. The summed E-state index contributed by atoms with van der Waals surface area (Å²) in [5.74, 6) is -1.61. The predicted molar refractivity (Wildman–Crippen MR) is 134 cm³/mol. The quantitative estimate of drug-likeness (QED) is 0.500. The molecule has 2 amide bonds. The van der Waals surface area contributed by atoms with Gasteiger partial charge in [-0.15, -0.1) is 0 Å². The second-order valence-electron chi connectivity index (χ2n) is 8.88. The Kier molecular flexibility index (Phi) is 7.33. The van der Waals surface area contributed by atoms with Crippen LogP contribution in [0.2, 0.25) is 10.0 Å². The van der Waals surface area contributed by atoms with Gasteiger partial charge in [-0.2, -0.15) is 0 Å². The molecule has 1 aliphatic carbocycles. The van der Waals surface area contributed by atoms with Crippen molar-refractivity contribution >= 4 is 52.5 Å². The fourth-order valence-electron chi connectivity index (χ4n) is 4.53. The average molecular weight is 531 g/mol. The second kappa shape index (κ2) is 10.3. The number of amides is 2. The third-order valence-electron chi connectivity index (χ3n) is 6.68. The first-order chi connectivity index (χ1) is 17.1. The van der Waals surface area contributed by atoms with E-state index < -0.39 is 23.3 Å². The number of aliphatic carboxylic acids is 1. The van der Waals surface area contributed by atoms with Crippen LogP contribution >= 0.6 is 23.2 Å². The fraction of sp³-hybridized carbons (Fsp3) is 0.320. The van der Waals surface area contributed by atoms with Crippen LogP contribution in [0.1, 0.15) is 35.7 Å². The summed E-state index contributed by atoms with van der Waals surface area (Å²) >= 11 is 12.1. The van der Waals surface area contributed by atoms with Crippen LogP contribution in [0.15, 0.2) is 48.4 Å². The van der Waals surface area contributed by atoms with Crippen molar-refractivity contribution in [2.75, 3.05) is 18.4 Å². The highest BCUT2D eigenvalue weighted by molar-refractivity contribution is 6.40. The van der Waals surface area contributed by atoms with Crippen molar-refractivity contribution in [3.63, 3.8) is 0 Å². The Morgan fingerprint density at radius 3 is 2.25 bits per heavy atom. The molecule has 1 spiro atoms. The van der Waals surface area contributed by atoms with E-state index >= 15 is 0 Å². The Labute approximate surface area is 217 Å². The Morgan fingerprint density at radius 1 is 1.11 bits per heavy atom. The maximum atomic E-state index is 12.5. The zero-order valence-electron chi connectivity index (χ0n) is 19.4. The number of anilines is 1. The Balaban J connectivity index is 1.40. The number of likely N-dealkylation sites (tertiary alicyclic amines) is 1. The van der Waals surface area contributed by atoms with E-state index in [1.54, 1.807) is 29.2 Å². The first kappa shape index (κ1) is 25.7. The minimum Gasteiger partial charge on any atom is -0.480 e. The van der Waals surface area contributed by atoms with E-state index in [0.29, 0.717) is 37.3 Å². The van der Waals surface area contributed by atoms with Crippen molar-refractivity contribution in [1.29, 1.82) is 0 Å². The number of halogens is 2. The molecule has 36 heavy (non-hydrogen) atoms. The van der Waals surface area contributed by atoms with Crippen molar-refractivity contribution in [2.45, 2.75) is 32.2 Å². The maximum absolute atomic E-state index is 12.5. The summed E-state index contributed by atoms with van der Waals surface area (Å²) < 4.78 is 0. The number of hydrogen-bond acceptors (Lipinski definition) is 6. The second-order valence-corrected chi connectivity index (χ2v) is 9.69. The number of pyridine rings is 1. The lowest BCUT2D eigenvalue weighted by atomic mass is 9.65. The van der Waals surface area contributed by atoms with Gasteiger partial charge in [0.1, 0.15) is 6.04 Å². The monoisotopic (exact) mass is 530 g/mol. The largest absolute Gasteiger partial charge is 0.480 e. The van der Waals surface area contributed by atoms with Crippen molar-refractivity contribution in [3.05, 3.63) is 69.6 Å². The van der Waals surface area contributed by atoms with Gasteiger partial charge in [0.2, 0.25) is 5.91 Å². The molecule has 0 radical (unpaired) electrons. The van der Waals surface area contributed by atoms with Crippen molar-refractivity contribution in [2.24, 2.45) is 5.41 Å². The third kappa shape index (κ3) is 5.08. The summed E-state index contributed by atoms with van der Waals surface area (Å²) in [7, 11) is 0. The van der Waals surface area contributed by atoms with E-state index in [1.165, 1.54) is 25.4 Å². The number of benzene rings is 1. The maximum Gasteiger partial charge on any atom is 0.326 e.